The van der Waals surface area contributed by atoms with Crippen molar-refractivity contribution >= 4 is 17.4 Å². The van der Waals surface area contributed by atoms with Crippen molar-refractivity contribution in [2.24, 2.45) is 0 Å². The van der Waals surface area contributed by atoms with Crippen LogP contribution in [0.1, 0.15) is 23.7 Å². The number of carbonyl (C=O) groups excluding carboxylic acids is 1. The molecule has 0 bridgehead atoms. The van der Waals surface area contributed by atoms with Crippen LogP contribution in [0.5, 0.6) is 0 Å². The Morgan fingerprint density at radius 2 is 2.00 bits per heavy atom. The van der Waals surface area contributed by atoms with Gasteiger partial charge in [-0.1, -0.05) is 24.3 Å². The van der Waals surface area contributed by atoms with Crippen molar-refractivity contribution in [3.05, 3.63) is 53.7 Å². The van der Waals surface area contributed by atoms with Crippen molar-refractivity contribution in [3.8, 4) is 0 Å². The van der Waals surface area contributed by atoms with Gasteiger partial charge in [0, 0.05) is 26.2 Å². The molecule has 2 aliphatic rings. The Kier molecular flexibility index (Phi) is 5.36. The Labute approximate surface area is 160 Å². The Balaban J connectivity index is 1.35. The molecule has 27 heavy (non-hydrogen) atoms. The predicted octanol–water partition coefficient (Wildman–Crippen LogP) is 2.48. The Morgan fingerprint density at radius 1 is 1.19 bits per heavy atom. The fraction of sp³-hybridized carbons (Fsp3) is 0.429. The number of ether oxygens (including phenoxy) is 1. The fourth-order valence-corrected chi connectivity index (χ4v) is 3.71. The van der Waals surface area contributed by atoms with Crippen molar-refractivity contribution in [2.45, 2.75) is 18.9 Å². The highest BCUT2D eigenvalue weighted by atomic mass is 16.5. The first-order chi connectivity index (χ1) is 13.2. The summed E-state index contributed by atoms with van der Waals surface area (Å²) in [7, 11) is 2.14. The van der Waals surface area contributed by atoms with Crippen LogP contribution < -0.4 is 10.2 Å². The minimum Gasteiger partial charge on any atom is -0.373 e. The quantitative estimate of drug-likeness (QED) is 0.901. The van der Waals surface area contributed by atoms with E-state index < -0.39 is 0 Å². The molecule has 0 spiro atoms. The molecule has 6 heteroatoms. The molecule has 142 valence electrons. The maximum absolute atomic E-state index is 12.5. The Hall–Kier alpha value is -2.44. The Bertz CT molecular complexity index is 785. The first kappa shape index (κ1) is 17.9. The lowest BCUT2D eigenvalue weighted by Gasteiger charge is -2.33. The van der Waals surface area contributed by atoms with Crippen LogP contribution >= 0.6 is 0 Å². The van der Waals surface area contributed by atoms with Gasteiger partial charge in [-0.25, -0.2) is 4.98 Å². The van der Waals surface area contributed by atoms with Gasteiger partial charge in [0.05, 0.1) is 31.0 Å². The van der Waals surface area contributed by atoms with Gasteiger partial charge in [-0.2, -0.15) is 0 Å². The topological polar surface area (TPSA) is 57.7 Å². The van der Waals surface area contributed by atoms with Gasteiger partial charge in [-0.3, -0.25) is 4.79 Å². The number of piperazine rings is 1. The molecule has 1 fully saturated rings. The molecule has 1 amide bonds. The fourth-order valence-electron chi connectivity index (χ4n) is 3.71. The van der Waals surface area contributed by atoms with Gasteiger partial charge in [0.2, 0.25) is 5.91 Å². The van der Waals surface area contributed by atoms with Crippen molar-refractivity contribution < 1.29 is 9.53 Å². The monoisotopic (exact) mass is 366 g/mol. The lowest BCUT2D eigenvalue weighted by molar-refractivity contribution is -0.119. The van der Waals surface area contributed by atoms with E-state index in [4.69, 9.17) is 4.74 Å². The van der Waals surface area contributed by atoms with E-state index in [0.717, 1.165) is 49.7 Å². The lowest BCUT2D eigenvalue weighted by Crippen LogP contribution is -2.44. The molecule has 0 saturated carbocycles. The van der Waals surface area contributed by atoms with Gasteiger partial charge >= 0.3 is 0 Å². The number of hydrogen-bond acceptors (Lipinski definition) is 5. The van der Waals surface area contributed by atoms with Crippen LogP contribution in [0.4, 0.5) is 11.5 Å². The summed E-state index contributed by atoms with van der Waals surface area (Å²) in [4.78, 5) is 21.6. The van der Waals surface area contributed by atoms with Crippen molar-refractivity contribution in [1.82, 2.24) is 9.88 Å². The summed E-state index contributed by atoms with van der Waals surface area (Å²) in [6.07, 6.45) is 2.79. The highest BCUT2D eigenvalue weighted by Gasteiger charge is 2.23. The third-order valence-corrected chi connectivity index (χ3v) is 5.32. The lowest BCUT2D eigenvalue weighted by atomic mass is 9.95. The molecule has 0 radical (unpaired) electrons. The van der Waals surface area contributed by atoms with Gasteiger partial charge in [-0.05, 0) is 36.7 Å². The van der Waals surface area contributed by atoms with Gasteiger partial charge in [0.1, 0.15) is 5.82 Å². The molecule has 1 saturated heterocycles. The summed E-state index contributed by atoms with van der Waals surface area (Å²) in [5.41, 5.74) is 3.13. The zero-order valence-corrected chi connectivity index (χ0v) is 15.7. The van der Waals surface area contributed by atoms with Crippen LogP contribution in [-0.2, 0) is 16.0 Å². The van der Waals surface area contributed by atoms with E-state index in [1.54, 1.807) is 6.20 Å². The van der Waals surface area contributed by atoms with Crippen molar-refractivity contribution in [2.75, 3.05) is 50.1 Å². The van der Waals surface area contributed by atoms with E-state index >= 15 is 0 Å². The summed E-state index contributed by atoms with van der Waals surface area (Å²) in [5, 5.41) is 2.95. The van der Waals surface area contributed by atoms with Crippen LogP contribution in [0.3, 0.4) is 0 Å². The zero-order chi connectivity index (χ0) is 18.6. The number of rotatable bonds is 4. The van der Waals surface area contributed by atoms with Crippen LogP contribution in [0, 0.1) is 0 Å². The second-order valence-corrected chi connectivity index (χ2v) is 7.26. The van der Waals surface area contributed by atoms with Crippen LogP contribution in [0.15, 0.2) is 42.6 Å². The third kappa shape index (κ3) is 4.28. The number of amides is 1. The van der Waals surface area contributed by atoms with E-state index in [-0.39, 0.29) is 12.0 Å². The van der Waals surface area contributed by atoms with Crippen molar-refractivity contribution in [1.29, 1.82) is 0 Å². The van der Waals surface area contributed by atoms with E-state index in [9.17, 15) is 4.79 Å². The molecular formula is C21H26N4O2. The standard InChI is InChI=1S/C21H26N4O2/c1-24-9-11-25(12-10-24)20-7-6-17(15-22-20)23-21(26)14-19-18-5-3-2-4-16(18)8-13-27-19/h2-7,15,19H,8-14H2,1H3,(H,23,26). The minimum absolute atomic E-state index is 0.0501. The number of nitrogens with one attached hydrogen (secondary N) is 1. The molecule has 2 aromatic rings. The molecule has 1 unspecified atom stereocenters. The number of fused-ring (bicyclic) bond motifs is 1. The molecule has 1 aromatic carbocycles. The number of pyridine rings is 1. The van der Waals surface area contributed by atoms with Crippen LogP contribution in [0.2, 0.25) is 0 Å². The maximum atomic E-state index is 12.5. The normalized spacial score (nSPS) is 20.2. The number of carbonyl (C=O) groups is 1. The Morgan fingerprint density at radius 3 is 2.78 bits per heavy atom. The molecule has 4 rings (SSSR count). The molecule has 2 aliphatic heterocycles. The highest BCUT2D eigenvalue weighted by Crippen LogP contribution is 2.29. The van der Waals surface area contributed by atoms with Crippen LogP contribution in [-0.4, -0.2) is 55.6 Å². The molecule has 6 nitrogen and oxygen atoms in total. The summed E-state index contributed by atoms with van der Waals surface area (Å²) in [5.74, 6) is 0.913. The molecule has 0 aliphatic carbocycles. The summed E-state index contributed by atoms with van der Waals surface area (Å²) in [6.45, 7) is 4.71. The zero-order valence-electron chi connectivity index (χ0n) is 15.7. The average molecular weight is 366 g/mol. The minimum atomic E-state index is -0.174. The van der Waals surface area contributed by atoms with Crippen LogP contribution in [0.25, 0.3) is 0 Å². The van der Waals surface area contributed by atoms with Gasteiger partial charge in [-0.15, -0.1) is 0 Å². The number of anilines is 2. The van der Waals surface area contributed by atoms with Gasteiger partial charge in [0.15, 0.2) is 0 Å². The van der Waals surface area contributed by atoms with E-state index in [0.29, 0.717) is 13.0 Å². The second-order valence-electron chi connectivity index (χ2n) is 7.26. The number of hydrogen-bond donors (Lipinski definition) is 1. The van der Waals surface area contributed by atoms with E-state index in [2.05, 4.69) is 39.3 Å². The number of benzene rings is 1. The molecule has 1 N–H and O–H groups in total. The SMILES string of the molecule is CN1CCN(c2ccc(NC(=O)CC3OCCc4ccccc43)cn2)CC1. The number of likely N-dealkylation sites (N-methyl/N-ethyl adjacent to an activating group) is 1. The third-order valence-electron chi connectivity index (χ3n) is 5.32. The van der Waals surface area contributed by atoms with E-state index in [1.807, 2.05) is 24.3 Å². The smallest absolute Gasteiger partial charge is 0.227 e. The van der Waals surface area contributed by atoms with E-state index in [1.165, 1.54) is 5.56 Å². The van der Waals surface area contributed by atoms with Gasteiger partial charge in [0.25, 0.3) is 0 Å². The van der Waals surface area contributed by atoms with Gasteiger partial charge < -0.3 is 19.9 Å². The number of aromatic nitrogens is 1. The summed E-state index contributed by atoms with van der Waals surface area (Å²) < 4.78 is 5.83. The molecule has 1 aromatic heterocycles. The maximum Gasteiger partial charge on any atom is 0.227 e. The molecular weight excluding hydrogens is 340 g/mol. The number of nitrogens with zero attached hydrogens (tertiary/aromatic N) is 3. The second kappa shape index (κ2) is 8.06. The average Bonchev–Trinajstić information content (AvgIpc) is 2.69. The largest absolute Gasteiger partial charge is 0.373 e. The predicted molar refractivity (Wildman–Crippen MR) is 106 cm³/mol. The first-order valence-electron chi connectivity index (χ1n) is 9.58. The highest BCUT2D eigenvalue weighted by molar-refractivity contribution is 5.91. The summed E-state index contributed by atoms with van der Waals surface area (Å²) >= 11 is 0. The molecule has 3 heterocycles. The summed E-state index contributed by atoms with van der Waals surface area (Å²) in [6, 6.07) is 12.1. The van der Waals surface area contributed by atoms with Crippen molar-refractivity contribution in [3.63, 3.8) is 0 Å². The first-order valence-corrected chi connectivity index (χ1v) is 9.58. The molecule has 1 atom stereocenters.